The van der Waals surface area contributed by atoms with Crippen LogP contribution in [-0.4, -0.2) is 46.1 Å². The topological polar surface area (TPSA) is 40.5 Å². The van der Waals surface area contributed by atoms with Gasteiger partial charge in [-0.3, -0.25) is 4.79 Å². The molecule has 1 aromatic carbocycles. The lowest BCUT2D eigenvalue weighted by molar-refractivity contribution is 0.0753. The summed E-state index contributed by atoms with van der Waals surface area (Å²) in [4.78, 5) is 14.7. The van der Waals surface area contributed by atoms with Crippen LogP contribution in [-0.2, 0) is 0 Å². The summed E-state index contributed by atoms with van der Waals surface area (Å²) in [7, 11) is 0. The monoisotopic (exact) mass is 303 g/mol. The van der Waals surface area contributed by atoms with Crippen LogP contribution in [0.5, 0.6) is 0 Å². The number of thioether (sulfide) groups is 1. The van der Waals surface area contributed by atoms with Crippen molar-refractivity contribution in [3.05, 3.63) is 34.9 Å². The molecule has 1 fully saturated rings. The molecule has 3 nitrogen and oxygen atoms in total. The summed E-state index contributed by atoms with van der Waals surface area (Å²) in [6.07, 6.45) is 0. The van der Waals surface area contributed by atoms with Gasteiger partial charge in [-0.2, -0.15) is 11.8 Å². The van der Waals surface area contributed by atoms with Crippen molar-refractivity contribution in [3.8, 4) is 11.8 Å². The average molecular weight is 303 g/mol. The Morgan fingerprint density at radius 1 is 1.38 bits per heavy atom. The maximum absolute atomic E-state index is 12.8. The lowest BCUT2D eigenvalue weighted by Crippen LogP contribution is -2.44. The second-order valence-corrected chi connectivity index (χ2v) is 7.36. The number of hydrogen-bond donors (Lipinski definition) is 1. The molecule has 0 aliphatic carbocycles. The van der Waals surface area contributed by atoms with Crippen LogP contribution < -0.4 is 0 Å². The SMILES string of the molecule is Cc1ccc(C#CCO)c(C(=O)N2CC(C)SC(C)C2)c1. The Balaban J connectivity index is 2.31. The van der Waals surface area contributed by atoms with E-state index in [1.54, 1.807) is 0 Å². The van der Waals surface area contributed by atoms with E-state index in [2.05, 4.69) is 25.7 Å². The minimum absolute atomic E-state index is 0.0416. The third-order valence-electron chi connectivity index (χ3n) is 3.41. The van der Waals surface area contributed by atoms with E-state index in [1.807, 2.05) is 41.8 Å². The molecule has 0 saturated carbocycles. The summed E-state index contributed by atoms with van der Waals surface area (Å²) in [6, 6.07) is 5.69. The summed E-state index contributed by atoms with van der Waals surface area (Å²) in [6.45, 7) is 7.63. The van der Waals surface area contributed by atoms with Crippen molar-refractivity contribution in [2.75, 3.05) is 19.7 Å². The Hall–Kier alpha value is -1.44. The van der Waals surface area contributed by atoms with E-state index in [9.17, 15) is 4.79 Å². The molecule has 1 aliphatic heterocycles. The molecule has 1 heterocycles. The van der Waals surface area contributed by atoms with E-state index < -0.39 is 0 Å². The van der Waals surface area contributed by atoms with Crippen molar-refractivity contribution in [1.29, 1.82) is 0 Å². The normalized spacial score (nSPS) is 21.6. The van der Waals surface area contributed by atoms with Gasteiger partial charge >= 0.3 is 0 Å². The van der Waals surface area contributed by atoms with Crippen LogP contribution in [0.2, 0.25) is 0 Å². The third-order valence-corrected chi connectivity index (χ3v) is 4.64. The summed E-state index contributed by atoms with van der Waals surface area (Å²) in [5.74, 6) is 5.55. The Bertz CT molecular complexity index is 578. The van der Waals surface area contributed by atoms with Gasteiger partial charge in [0.1, 0.15) is 6.61 Å². The van der Waals surface area contributed by atoms with Gasteiger partial charge in [-0.1, -0.05) is 37.3 Å². The molecule has 1 aromatic rings. The largest absolute Gasteiger partial charge is 0.384 e. The number of aliphatic hydroxyl groups excluding tert-OH is 1. The fraction of sp³-hybridized carbons (Fsp3) is 0.471. The molecule has 2 rings (SSSR count). The molecule has 4 heteroatoms. The first kappa shape index (κ1) is 15.9. The second kappa shape index (κ2) is 7.02. The number of nitrogens with zero attached hydrogens (tertiary/aromatic N) is 1. The van der Waals surface area contributed by atoms with E-state index in [0.29, 0.717) is 21.6 Å². The fourth-order valence-electron chi connectivity index (χ4n) is 2.59. The zero-order chi connectivity index (χ0) is 15.4. The fourth-order valence-corrected chi connectivity index (χ4v) is 3.92. The zero-order valence-electron chi connectivity index (χ0n) is 12.7. The molecule has 0 aromatic heterocycles. The highest BCUT2D eigenvalue weighted by Gasteiger charge is 2.27. The van der Waals surface area contributed by atoms with Crippen molar-refractivity contribution in [3.63, 3.8) is 0 Å². The summed E-state index contributed by atoms with van der Waals surface area (Å²) < 4.78 is 0. The van der Waals surface area contributed by atoms with Crippen LogP contribution in [0.1, 0.15) is 35.3 Å². The van der Waals surface area contributed by atoms with Crippen LogP contribution >= 0.6 is 11.8 Å². The maximum atomic E-state index is 12.8. The van der Waals surface area contributed by atoms with Crippen LogP contribution in [0.25, 0.3) is 0 Å². The number of rotatable bonds is 1. The van der Waals surface area contributed by atoms with Gasteiger partial charge in [0.05, 0.1) is 5.56 Å². The van der Waals surface area contributed by atoms with Crippen LogP contribution in [0.4, 0.5) is 0 Å². The van der Waals surface area contributed by atoms with Gasteiger partial charge in [0, 0.05) is 29.2 Å². The Kier molecular flexibility index (Phi) is 5.33. The highest BCUT2D eigenvalue weighted by molar-refractivity contribution is 8.00. The molecule has 0 bridgehead atoms. The van der Waals surface area contributed by atoms with Crippen LogP contribution in [0, 0.1) is 18.8 Å². The van der Waals surface area contributed by atoms with Gasteiger partial charge in [-0.05, 0) is 19.1 Å². The lowest BCUT2D eigenvalue weighted by Gasteiger charge is -2.34. The maximum Gasteiger partial charge on any atom is 0.255 e. The third kappa shape index (κ3) is 4.03. The minimum atomic E-state index is -0.198. The highest BCUT2D eigenvalue weighted by Crippen LogP contribution is 2.26. The van der Waals surface area contributed by atoms with E-state index in [1.165, 1.54) is 0 Å². The van der Waals surface area contributed by atoms with Gasteiger partial charge in [-0.25, -0.2) is 0 Å². The summed E-state index contributed by atoms with van der Waals surface area (Å²) in [5.41, 5.74) is 2.38. The molecule has 1 saturated heterocycles. The van der Waals surface area contributed by atoms with Crippen molar-refractivity contribution in [2.24, 2.45) is 0 Å². The van der Waals surface area contributed by atoms with Crippen molar-refractivity contribution in [1.82, 2.24) is 4.90 Å². The lowest BCUT2D eigenvalue weighted by atomic mass is 10.0. The first-order chi connectivity index (χ1) is 10.0. The first-order valence-corrected chi connectivity index (χ1v) is 8.10. The molecular formula is C17H21NO2S. The zero-order valence-corrected chi connectivity index (χ0v) is 13.5. The minimum Gasteiger partial charge on any atom is -0.384 e. The number of amides is 1. The molecule has 112 valence electrons. The highest BCUT2D eigenvalue weighted by atomic mass is 32.2. The van der Waals surface area contributed by atoms with E-state index in [0.717, 1.165) is 18.7 Å². The van der Waals surface area contributed by atoms with E-state index >= 15 is 0 Å². The Morgan fingerprint density at radius 2 is 2.05 bits per heavy atom. The molecule has 21 heavy (non-hydrogen) atoms. The Labute approximate surface area is 130 Å². The Morgan fingerprint density at radius 3 is 2.67 bits per heavy atom. The van der Waals surface area contributed by atoms with E-state index in [-0.39, 0.29) is 12.5 Å². The standard InChI is InChI=1S/C17H21NO2S/c1-12-6-7-15(5-4-8-19)16(9-12)17(20)18-10-13(2)21-14(3)11-18/h6-7,9,13-14,19H,8,10-11H2,1-3H3. The summed E-state index contributed by atoms with van der Waals surface area (Å²) in [5, 5.41) is 9.76. The predicted molar refractivity (Wildman–Crippen MR) is 87.6 cm³/mol. The van der Waals surface area contributed by atoms with Gasteiger partial charge in [0.2, 0.25) is 0 Å². The van der Waals surface area contributed by atoms with Crippen molar-refractivity contribution < 1.29 is 9.90 Å². The quantitative estimate of drug-likeness (QED) is 0.809. The molecule has 0 radical (unpaired) electrons. The predicted octanol–water partition coefficient (Wildman–Crippen LogP) is 2.30. The first-order valence-electron chi connectivity index (χ1n) is 7.16. The molecule has 2 unspecified atom stereocenters. The molecule has 2 atom stereocenters. The van der Waals surface area contributed by atoms with Crippen molar-refractivity contribution in [2.45, 2.75) is 31.3 Å². The second-order valence-electron chi connectivity index (χ2n) is 5.48. The van der Waals surface area contributed by atoms with Gasteiger partial charge in [-0.15, -0.1) is 0 Å². The smallest absolute Gasteiger partial charge is 0.255 e. The number of aryl methyl sites for hydroxylation is 1. The van der Waals surface area contributed by atoms with Crippen LogP contribution in [0.15, 0.2) is 18.2 Å². The molecule has 1 amide bonds. The van der Waals surface area contributed by atoms with Gasteiger partial charge in [0.15, 0.2) is 0 Å². The van der Waals surface area contributed by atoms with Crippen LogP contribution in [0.3, 0.4) is 0 Å². The van der Waals surface area contributed by atoms with Crippen molar-refractivity contribution >= 4 is 17.7 Å². The number of benzene rings is 1. The van der Waals surface area contributed by atoms with Gasteiger partial charge < -0.3 is 10.0 Å². The van der Waals surface area contributed by atoms with E-state index in [4.69, 9.17) is 5.11 Å². The number of hydrogen-bond acceptors (Lipinski definition) is 3. The number of carbonyl (C=O) groups excluding carboxylic acids is 1. The number of aliphatic hydroxyl groups is 1. The molecule has 1 N–H and O–H groups in total. The number of carbonyl (C=O) groups is 1. The average Bonchev–Trinajstić information content (AvgIpc) is 2.44. The molecular weight excluding hydrogens is 282 g/mol. The summed E-state index contributed by atoms with van der Waals surface area (Å²) >= 11 is 1.92. The van der Waals surface area contributed by atoms with Gasteiger partial charge in [0.25, 0.3) is 5.91 Å². The molecule has 1 aliphatic rings. The molecule has 0 spiro atoms.